The van der Waals surface area contributed by atoms with Gasteiger partial charge in [0.25, 0.3) is 0 Å². The lowest BCUT2D eigenvalue weighted by Gasteiger charge is -2.09. The fourth-order valence-electron chi connectivity index (χ4n) is 1.61. The molecular formula is C10H14N2OS. The van der Waals surface area contributed by atoms with Gasteiger partial charge >= 0.3 is 0 Å². The molecule has 0 saturated carbocycles. The lowest BCUT2D eigenvalue weighted by Crippen LogP contribution is -2.35. The van der Waals surface area contributed by atoms with E-state index < -0.39 is 0 Å². The molecule has 76 valence electrons. The summed E-state index contributed by atoms with van der Waals surface area (Å²) in [6, 6.07) is 2.03. The predicted octanol–water partition coefficient (Wildman–Crippen LogP) is 1.75. The Hall–Kier alpha value is -0.870. The van der Waals surface area contributed by atoms with Gasteiger partial charge in [-0.15, -0.1) is 11.3 Å². The SMILES string of the molecule is Cc1ccsc1NC(=O)C1CCCN1. The third kappa shape index (κ3) is 1.96. The normalized spacial score (nSPS) is 21.1. The van der Waals surface area contributed by atoms with Crippen molar-refractivity contribution in [1.29, 1.82) is 0 Å². The minimum atomic E-state index is 0.0106. The van der Waals surface area contributed by atoms with Crippen molar-refractivity contribution in [2.45, 2.75) is 25.8 Å². The van der Waals surface area contributed by atoms with Crippen LogP contribution in [0.25, 0.3) is 0 Å². The van der Waals surface area contributed by atoms with Gasteiger partial charge in [-0.2, -0.15) is 0 Å². The predicted molar refractivity (Wildman–Crippen MR) is 58.7 cm³/mol. The molecule has 1 atom stereocenters. The summed E-state index contributed by atoms with van der Waals surface area (Å²) in [6.45, 7) is 2.97. The molecule has 3 nitrogen and oxygen atoms in total. The van der Waals surface area contributed by atoms with Crippen LogP contribution in [-0.2, 0) is 4.79 Å². The van der Waals surface area contributed by atoms with E-state index in [1.807, 2.05) is 18.4 Å². The Morgan fingerprint density at radius 1 is 1.71 bits per heavy atom. The van der Waals surface area contributed by atoms with Crippen LogP contribution >= 0.6 is 11.3 Å². The van der Waals surface area contributed by atoms with E-state index in [-0.39, 0.29) is 11.9 Å². The standard InChI is InChI=1S/C10H14N2OS/c1-7-4-6-14-10(7)12-9(13)8-3-2-5-11-8/h4,6,8,11H,2-3,5H2,1H3,(H,12,13). The second-order valence-electron chi connectivity index (χ2n) is 3.57. The summed E-state index contributed by atoms with van der Waals surface area (Å²) in [6.07, 6.45) is 2.05. The molecule has 4 heteroatoms. The molecular weight excluding hydrogens is 196 g/mol. The molecule has 14 heavy (non-hydrogen) atoms. The van der Waals surface area contributed by atoms with Gasteiger partial charge in [0.1, 0.15) is 0 Å². The molecule has 0 spiro atoms. The molecule has 2 heterocycles. The van der Waals surface area contributed by atoms with Crippen molar-refractivity contribution in [3.63, 3.8) is 0 Å². The first-order chi connectivity index (χ1) is 6.77. The summed E-state index contributed by atoms with van der Waals surface area (Å²) in [5.74, 6) is 0.105. The van der Waals surface area contributed by atoms with Crippen molar-refractivity contribution in [2.24, 2.45) is 0 Å². The highest BCUT2D eigenvalue weighted by Crippen LogP contribution is 2.22. The van der Waals surface area contributed by atoms with Crippen LogP contribution in [0.2, 0.25) is 0 Å². The zero-order chi connectivity index (χ0) is 9.97. The molecule has 1 aromatic rings. The number of thiophene rings is 1. The van der Waals surface area contributed by atoms with E-state index in [9.17, 15) is 4.79 Å². The van der Waals surface area contributed by atoms with Gasteiger partial charge in [-0.05, 0) is 43.3 Å². The van der Waals surface area contributed by atoms with Crippen molar-refractivity contribution < 1.29 is 4.79 Å². The molecule has 1 amide bonds. The highest BCUT2D eigenvalue weighted by atomic mass is 32.1. The fourth-order valence-corrected chi connectivity index (χ4v) is 2.43. The molecule has 0 radical (unpaired) electrons. The van der Waals surface area contributed by atoms with Gasteiger partial charge in [-0.25, -0.2) is 0 Å². The summed E-state index contributed by atoms with van der Waals surface area (Å²) in [5, 5.41) is 9.10. The highest BCUT2D eigenvalue weighted by Gasteiger charge is 2.22. The third-order valence-electron chi connectivity index (χ3n) is 2.48. The first-order valence-corrected chi connectivity index (χ1v) is 5.73. The van der Waals surface area contributed by atoms with Crippen LogP contribution in [0.15, 0.2) is 11.4 Å². The van der Waals surface area contributed by atoms with Crippen LogP contribution in [0.5, 0.6) is 0 Å². The quantitative estimate of drug-likeness (QED) is 0.780. The van der Waals surface area contributed by atoms with Crippen LogP contribution in [0.3, 0.4) is 0 Å². The van der Waals surface area contributed by atoms with E-state index >= 15 is 0 Å². The average Bonchev–Trinajstić information content (AvgIpc) is 2.77. The number of nitrogens with one attached hydrogen (secondary N) is 2. The van der Waals surface area contributed by atoms with E-state index in [1.165, 1.54) is 0 Å². The minimum Gasteiger partial charge on any atom is -0.316 e. The zero-order valence-electron chi connectivity index (χ0n) is 8.17. The zero-order valence-corrected chi connectivity index (χ0v) is 8.99. The van der Waals surface area contributed by atoms with Gasteiger partial charge in [-0.3, -0.25) is 4.79 Å². The molecule has 0 bridgehead atoms. The molecule has 2 rings (SSSR count). The number of carbonyl (C=O) groups is 1. The number of aryl methyl sites for hydroxylation is 1. The maximum atomic E-state index is 11.7. The number of hydrogen-bond donors (Lipinski definition) is 2. The molecule has 1 aromatic heterocycles. The van der Waals surface area contributed by atoms with E-state index in [0.717, 1.165) is 30.0 Å². The van der Waals surface area contributed by atoms with Gasteiger partial charge in [0.05, 0.1) is 11.0 Å². The molecule has 1 saturated heterocycles. The van der Waals surface area contributed by atoms with E-state index in [4.69, 9.17) is 0 Å². The smallest absolute Gasteiger partial charge is 0.242 e. The minimum absolute atomic E-state index is 0.0106. The van der Waals surface area contributed by atoms with E-state index in [2.05, 4.69) is 10.6 Å². The molecule has 1 aliphatic heterocycles. The van der Waals surface area contributed by atoms with Crippen molar-refractivity contribution >= 4 is 22.2 Å². The molecule has 1 unspecified atom stereocenters. The first-order valence-electron chi connectivity index (χ1n) is 4.86. The van der Waals surface area contributed by atoms with Crippen molar-refractivity contribution in [2.75, 3.05) is 11.9 Å². The highest BCUT2D eigenvalue weighted by molar-refractivity contribution is 7.14. The van der Waals surface area contributed by atoms with Crippen molar-refractivity contribution in [3.8, 4) is 0 Å². The van der Waals surface area contributed by atoms with Crippen molar-refractivity contribution in [1.82, 2.24) is 5.32 Å². The Kier molecular flexibility index (Phi) is 2.84. The molecule has 0 aliphatic carbocycles. The fraction of sp³-hybridized carbons (Fsp3) is 0.500. The summed E-state index contributed by atoms with van der Waals surface area (Å²) in [5.41, 5.74) is 1.14. The topological polar surface area (TPSA) is 41.1 Å². The van der Waals surface area contributed by atoms with Crippen LogP contribution in [0.4, 0.5) is 5.00 Å². The second kappa shape index (κ2) is 4.11. The Labute approximate surface area is 87.5 Å². The van der Waals surface area contributed by atoms with Crippen LogP contribution in [0, 0.1) is 6.92 Å². The lowest BCUT2D eigenvalue weighted by molar-refractivity contribution is -0.117. The second-order valence-corrected chi connectivity index (χ2v) is 4.49. The number of hydrogen-bond acceptors (Lipinski definition) is 3. The number of carbonyl (C=O) groups excluding carboxylic acids is 1. The summed E-state index contributed by atoms with van der Waals surface area (Å²) < 4.78 is 0. The number of rotatable bonds is 2. The van der Waals surface area contributed by atoms with Gasteiger partial charge < -0.3 is 10.6 Å². The average molecular weight is 210 g/mol. The first kappa shape index (κ1) is 9.68. The Morgan fingerprint density at radius 3 is 3.14 bits per heavy atom. The van der Waals surface area contributed by atoms with E-state index in [1.54, 1.807) is 11.3 Å². The van der Waals surface area contributed by atoms with Gasteiger partial charge in [0.2, 0.25) is 5.91 Å². The molecule has 2 N–H and O–H groups in total. The number of amides is 1. The van der Waals surface area contributed by atoms with Crippen LogP contribution < -0.4 is 10.6 Å². The maximum absolute atomic E-state index is 11.7. The van der Waals surface area contributed by atoms with Gasteiger partial charge in [-0.1, -0.05) is 0 Å². The van der Waals surface area contributed by atoms with Crippen LogP contribution in [0.1, 0.15) is 18.4 Å². The van der Waals surface area contributed by atoms with Crippen molar-refractivity contribution in [3.05, 3.63) is 17.0 Å². The van der Waals surface area contributed by atoms with E-state index in [0.29, 0.717) is 0 Å². The third-order valence-corrected chi connectivity index (χ3v) is 3.41. The Bertz CT molecular complexity index is 329. The number of anilines is 1. The maximum Gasteiger partial charge on any atom is 0.242 e. The van der Waals surface area contributed by atoms with Gasteiger partial charge in [0, 0.05) is 0 Å². The lowest BCUT2D eigenvalue weighted by atomic mass is 10.2. The Morgan fingerprint density at radius 2 is 2.57 bits per heavy atom. The monoisotopic (exact) mass is 210 g/mol. The summed E-state index contributed by atoms with van der Waals surface area (Å²) in [7, 11) is 0. The van der Waals surface area contributed by atoms with Gasteiger partial charge in [0.15, 0.2) is 0 Å². The molecule has 1 fully saturated rings. The Balaban J connectivity index is 1.97. The summed E-state index contributed by atoms with van der Waals surface area (Å²) in [4.78, 5) is 11.7. The van der Waals surface area contributed by atoms with Crippen LogP contribution in [-0.4, -0.2) is 18.5 Å². The summed E-state index contributed by atoms with van der Waals surface area (Å²) >= 11 is 1.58. The molecule has 0 aromatic carbocycles. The largest absolute Gasteiger partial charge is 0.316 e. The molecule has 1 aliphatic rings.